The van der Waals surface area contributed by atoms with Gasteiger partial charge in [-0.25, -0.2) is 8.78 Å². The van der Waals surface area contributed by atoms with E-state index >= 15 is 0 Å². The summed E-state index contributed by atoms with van der Waals surface area (Å²) in [4.78, 5) is 0. The van der Waals surface area contributed by atoms with E-state index in [1.165, 1.54) is 0 Å². The summed E-state index contributed by atoms with van der Waals surface area (Å²) in [5, 5.41) is 2.77. The minimum atomic E-state index is -0.698. The fourth-order valence-electron chi connectivity index (χ4n) is 0.950. The summed E-state index contributed by atoms with van der Waals surface area (Å²) in [6, 6.07) is 1.85. The number of rotatable bonds is 3. The fraction of sp³-hybridized carbons (Fsp3) is 0.200. The van der Waals surface area contributed by atoms with Crippen LogP contribution in [0.25, 0.3) is 0 Å². The third-order valence-corrected chi connectivity index (χ3v) is 1.87. The maximum atomic E-state index is 13.1. The normalized spacial score (nSPS) is 10.0. The topological polar surface area (TPSA) is 12.0 Å². The molecule has 0 aliphatic rings. The predicted molar refractivity (Wildman–Crippen MR) is 54.7 cm³/mol. The van der Waals surface area contributed by atoms with Gasteiger partial charge in [-0.1, -0.05) is 23.8 Å². The van der Waals surface area contributed by atoms with E-state index < -0.39 is 11.6 Å². The molecule has 76 valence electrons. The van der Waals surface area contributed by atoms with E-state index in [4.69, 9.17) is 11.6 Å². The smallest absolute Gasteiger partial charge is 0.150 e. The van der Waals surface area contributed by atoms with Gasteiger partial charge in [-0.15, -0.1) is 0 Å². The Morgan fingerprint density at radius 1 is 1.50 bits per heavy atom. The Morgan fingerprint density at radius 2 is 2.14 bits per heavy atom. The summed E-state index contributed by atoms with van der Waals surface area (Å²) in [7, 11) is 0. The van der Waals surface area contributed by atoms with Gasteiger partial charge in [0.15, 0.2) is 5.82 Å². The summed E-state index contributed by atoms with van der Waals surface area (Å²) in [6.07, 6.45) is 0. The van der Waals surface area contributed by atoms with Crippen LogP contribution in [0, 0.1) is 11.6 Å². The van der Waals surface area contributed by atoms with Crippen molar-refractivity contribution in [3.05, 3.63) is 40.9 Å². The summed E-state index contributed by atoms with van der Waals surface area (Å²) in [5.74, 6) is -1.38. The maximum absolute atomic E-state index is 13.1. The van der Waals surface area contributed by atoms with Crippen molar-refractivity contribution in [3.8, 4) is 0 Å². The number of hydrogen-bond acceptors (Lipinski definition) is 1. The van der Waals surface area contributed by atoms with Gasteiger partial charge in [0.2, 0.25) is 0 Å². The van der Waals surface area contributed by atoms with Crippen LogP contribution in [0.2, 0.25) is 5.02 Å². The van der Waals surface area contributed by atoms with Gasteiger partial charge in [0, 0.05) is 12.6 Å². The van der Waals surface area contributed by atoms with Gasteiger partial charge < -0.3 is 5.32 Å². The first kappa shape index (κ1) is 11.0. The molecule has 0 bridgehead atoms. The van der Waals surface area contributed by atoms with Crippen molar-refractivity contribution in [2.75, 3.05) is 11.9 Å². The van der Waals surface area contributed by atoms with Crippen LogP contribution >= 0.6 is 11.6 Å². The summed E-state index contributed by atoms with van der Waals surface area (Å²) in [6.45, 7) is 5.84. The molecule has 0 aliphatic carbocycles. The largest absolute Gasteiger partial charge is 0.378 e. The lowest BCUT2D eigenvalue weighted by Crippen LogP contribution is -2.04. The van der Waals surface area contributed by atoms with Crippen molar-refractivity contribution >= 4 is 17.3 Å². The Balaban J connectivity index is 2.91. The molecule has 1 rings (SSSR count). The van der Waals surface area contributed by atoms with Crippen molar-refractivity contribution in [1.29, 1.82) is 0 Å². The molecule has 0 spiro atoms. The minimum Gasteiger partial charge on any atom is -0.378 e. The Kier molecular flexibility index (Phi) is 3.47. The fourth-order valence-corrected chi connectivity index (χ4v) is 1.21. The molecule has 14 heavy (non-hydrogen) atoms. The molecule has 1 aromatic carbocycles. The highest BCUT2D eigenvalue weighted by Gasteiger charge is 2.08. The molecule has 0 saturated carbocycles. The highest BCUT2D eigenvalue weighted by Crippen LogP contribution is 2.26. The highest BCUT2D eigenvalue weighted by molar-refractivity contribution is 6.33. The third-order valence-electron chi connectivity index (χ3n) is 1.57. The second kappa shape index (κ2) is 4.42. The molecule has 1 aromatic rings. The molecule has 1 N–H and O–H groups in total. The lowest BCUT2D eigenvalue weighted by Gasteiger charge is -2.09. The number of anilines is 1. The average Bonchev–Trinajstić information content (AvgIpc) is 2.01. The standard InChI is InChI=1S/C10H10ClF2N/c1-6(2)5-14-10-8(11)3-7(12)4-9(10)13/h3-4,14H,1,5H2,2H3. The van der Waals surface area contributed by atoms with Crippen LogP contribution < -0.4 is 5.32 Å². The van der Waals surface area contributed by atoms with Gasteiger partial charge >= 0.3 is 0 Å². The molecule has 0 atom stereocenters. The van der Waals surface area contributed by atoms with Gasteiger partial charge in [0.25, 0.3) is 0 Å². The first-order valence-corrected chi connectivity index (χ1v) is 4.41. The molecule has 0 radical (unpaired) electrons. The molecule has 0 unspecified atom stereocenters. The molecule has 0 aliphatic heterocycles. The molecule has 0 fully saturated rings. The van der Waals surface area contributed by atoms with Crippen LogP contribution in [-0.4, -0.2) is 6.54 Å². The summed E-state index contributed by atoms with van der Waals surface area (Å²) < 4.78 is 25.8. The lowest BCUT2D eigenvalue weighted by atomic mass is 10.2. The van der Waals surface area contributed by atoms with E-state index in [0.717, 1.165) is 17.7 Å². The van der Waals surface area contributed by atoms with Crippen molar-refractivity contribution in [2.24, 2.45) is 0 Å². The first-order valence-electron chi connectivity index (χ1n) is 4.03. The molecule has 0 heterocycles. The zero-order valence-electron chi connectivity index (χ0n) is 7.70. The Labute approximate surface area is 86.4 Å². The van der Waals surface area contributed by atoms with Crippen LogP contribution in [0.1, 0.15) is 6.92 Å². The van der Waals surface area contributed by atoms with E-state index in [9.17, 15) is 8.78 Å². The highest BCUT2D eigenvalue weighted by atomic mass is 35.5. The van der Waals surface area contributed by atoms with E-state index in [0.29, 0.717) is 6.54 Å². The van der Waals surface area contributed by atoms with E-state index in [1.54, 1.807) is 6.92 Å². The average molecular weight is 218 g/mol. The monoisotopic (exact) mass is 217 g/mol. The minimum absolute atomic E-state index is 0.0313. The zero-order valence-corrected chi connectivity index (χ0v) is 8.46. The second-order valence-corrected chi connectivity index (χ2v) is 3.46. The molecule has 0 amide bonds. The number of benzene rings is 1. The Hall–Kier alpha value is -1.09. The van der Waals surface area contributed by atoms with E-state index in [2.05, 4.69) is 11.9 Å². The van der Waals surface area contributed by atoms with Crippen LogP contribution in [0.5, 0.6) is 0 Å². The molecule has 0 saturated heterocycles. The van der Waals surface area contributed by atoms with E-state index in [-0.39, 0.29) is 10.7 Å². The van der Waals surface area contributed by atoms with Gasteiger partial charge in [-0.3, -0.25) is 0 Å². The Bertz CT molecular complexity index is 340. The maximum Gasteiger partial charge on any atom is 0.150 e. The quantitative estimate of drug-likeness (QED) is 0.763. The third kappa shape index (κ3) is 2.70. The van der Waals surface area contributed by atoms with Crippen molar-refractivity contribution < 1.29 is 8.78 Å². The molecule has 0 aromatic heterocycles. The molecule has 1 nitrogen and oxygen atoms in total. The molecular weight excluding hydrogens is 208 g/mol. The van der Waals surface area contributed by atoms with Gasteiger partial charge in [-0.2, -0.15) is 0 Å². The van der Waals surface area contributed by atoms with Crippen molar-refractivity contribution in [2.45, 2.75) is 6.92 Å². The van der Waals surface area contributed by atoms with E-state index in [1.807, 2.05) is 0 Å². The zero-order chi connectivity index (χ0) is 10.7. The van der Waals surface area contributed by atoms with Crippen molar-refractivity contribution in [1.82, 2.24) is 0 Å². The van der Waals surface area contributed by atoms with Crippen LogP contribution in [-0.2, 0) is 0 Å². The second-order valence-electron chi connectivity index (χ2n) is 3.06. The van der Waals surface area contributed by atoms with Gasteiger partial charge in [0.05, 0.1) is 10.7 Å². The van der Waals surface area contributed by atoms with Crippen LogP contribution in [0.4, 0.5) is 14.5 Å². The van der Waals surface area contributed by atoms with Gasteiger partial charge in [-0.05, 0) is 13.0 Å². The van der Waals surface area contributed by atoms with Crippen LogP contribution in [0.15, 0.2) is 24.3 Å². The van der Waals surface area contributed by atoms with Crippen LogP contribution in [0.3, 0.4) is 0 Å². The summed E-state index contributed by atoms with van der Waals surface area (Å²) in [5.41, 5.74) is 0.945. The molecule has 4 heteroatoms. The predicted octanol–water partition coefficient (Wildman–Crippen LogP) is 3.61. The first-order chi connectivity index (χ1) is 6.50. The lowest BCUT2D eigenvalue weighted by molar-refractivity contribution is 0.585. The number of nitrogens with one attached hydrogen (secondary N) is 1. The SMILES string of the molecule is C=C(C)CNc1c(F)cc(F)cc1Cl. The van der Waals surface area contributed by atoms with Crippen molar-refractivity contribution in [3.63, 3.8) is 0 Å². The Morgan fingerprint density at radius 3 is 2.64 bits per heavy atom. The number of hydrogen-bond donors (Lipinski definition) is 1. The summed E-state index contributed by atoms with van der Waals surface area (Å²) >= 11 is 5.65. The molecular formula is C10H10ClF2N. The van der Waals surface area contributed by atoms with Gasteiger partial charge in [0.1, 0.15) is 5.82 Å². The number of halogens is 3.